The van der Waals surface area contributed by atoms with Gasteiger partial charge in [-0.3, -0.25) is 0 Å². The number of tetrazole rings is 1. The zero-order valence-electron chi connectivity index (χ0n) is 14.3. The average Bonchev–Trinajstić information content (AvgIpc) is 3.17. The molecule has 4 nitrogen and oxygen atoms in total. The molecule has 3 aromatic carbocycles. The Kier molecular flexibility index (Phi) is 4.27. The number of rotatable bonds is 4. The smallest absolute Gasteiger partial charge is 0.187 e. The monoisotopic (exact) mass is 344 g/mol. The highest BCUT2D eigenvalue weighted by atomic mass is 19.1. The Morgan fingerprint density at radius 2 is 1.46 bits per heavy atom. The first kappa shape index (κ1) is 16.1. The molecule has 0 saturated carbocycles. The molecule has 0 amide bonds. The van der Waals surface area contributed by atoms with E-state index in [2.05, 4.69) is 34.6 Å². The predicted octanol–water partition coefficient (Wildman–Crippen LogP) is 4.70. The van der Waals surface area contributed by atoms with Gasteiger partial charge in [-0.15, -0.1) is 5.10 Å². The zero-order chi connectivity index (χ0) is 17.9. The lowest BCUT2D eigenvalue weighted by Gasteiger charge is -2.13. The molecule has 0 spiro atoms. The number of nitrogens with zero attached hydrogens (tertiary/aromatic N) is 4. The van der Waals surface area contributed by atoms with Crippen LogP contribution >= 0.6 is 0 Å². The molecule has 0 atom stereocenters. The Bertz CT molecular complexity index is 1060. The molecule has 0 N–H and O–H groups in total. The van der Waals surface area contributed by atoms with Crippen molar-refractivity contribution in [1.82, 2.24) is 20.2 Å². The molecule has 0 radical (unpaired) electrons. The Morgan fingerprint density at radius 1 is 0.808 bits per heavy atom. The summed E-state index contributed by atoms with van der Waals surface area (Å²) in [6, 6.07) is 22.7. The highest BCUT2D eigenvalue weighted by Gasteiger charge is 2.18. The number of hydrogen-bond acceptors (Lipinski definition) is 3. The minimum absolute atomic E-state index is 0.325. The molecular formula is C21H17FN4. The summed E-state index contributed by atoms with van der Waals surface area (Å²) in [6.07, 6.45) is 0.919. The van der Waals surface area contributed by atoms with Gasteiger partial charge in [-0.2, -0.15) is 4.68 Å². The fourth-order valence-electron chi connectivity index (χ4n) is 3.15. The third kappa shape index (κ3) is 2.77. The molecule has 4 rings (SSSR count). The largest absolute Gasteiger partial charge is 0.205 e. The summed E-state index contributed by atoms with van der Waals surface area (Å²) in [7, 11) is 0. The predicted molar refractivity (Wildman–Crippen MR) is 99.4 cm³/mol. The Balaban J connectivity index is 1.93. The summed E-state index contributed by atoms with van der Waals surface area (Å²) < 4.78 is 15.7. The highest BCUT2D eigenvalue weighted by Crippen LogP contribution is 2.33. The van der Waals surface area contributed by atoms with Crippen molar-refractivity contribution < 1.29 is 4.39 Å². The molecule has 0 unspecified atom stereocenters. The summed E-state index contributed by atoms with van der Waals surface area (Å²) in [4.78, 5) is 0. The molecule has 128 valence electrons. The maximum atomic E-state index is 14.3. The minimum atomic E-state index is -0.368. The van der Waals surface area contributed by atoms with Gasteiger partial charge < -0.3 is 0 Å². The Hall–Kier alpha value is -3.34. The molecule has 26 heavy (non-hydrogen) atoms. The van der Waals surface area contributed by atoms with Crippen molar-refractivity contribution in [3.05, 3.63) is 84.2 Å². The van der Waals surface area contributed by atoms with Crippen LogP contribution in [0.1, 0.15) is 12.5 Å². The van der Waals surface area contributed by atoms with Crippen LogP contribution in [0.3, 0.4) is 0 Å². The second-order valence-electron chi connectivity index (χ2n) is 5.92. The lowest BCUT2D eigenvalue weighted by Crippen LogP contribution is -2.03. The number of benzene rings is 3. The summed E-state index contributed by atoms with van der Waals surface area (Å²) in [5.74, 6) is 0.143. The molecule has 1 aromatic heterocycles. The summed E-state index contributed by atoms with van der Waals surface area (Å²) in [5, 5.41) is 12.0. The lowest BCUT2D eigenvalue weighted by molar-refractivity contribution is 0.608. The fraction of sp³-hybridized carbons (Fsp3) is 0.0952. The van der Waals surface area contributed by atoms with Gasteiger partial charge in [0, 0.05) is 5.56 Å². The van der Waals surface area contributed by atoms with Crippen LogP contribution in [-0.4, -0.2) is 20.2 Å². The van der Waals surface area contributed by atoms with Crippen LogP contribution in [0.4, 0.5) is 4.39 Å². The van der Waals surface area contributed by atoms with Gasteiger partial charge >= 0.3 is 0 Å². The van der Waals surface area contributed by atoms with Gasteiger partial charge in [0.25, 0.3) is 0 Å². The van der Waals surface area contributed by atoms with Crippen molar-refractivity contribution in [3.63, 3.8) is 0 Å². The van der Waals surface area contributed by atoms with Crippen molar-refractivity contribution in [2.75, 3.05) is 0 Å². The van der Waals surface area contributed by atoms with Crippen LogP contribution < -0.4 is 0 Å². The quantitative estimate of drug-likeness (QED) is 0.539. The van der Waals surface area contributed by atoms with Crippen LogP contribution in [-0.2, 0) is 6.42 Å². The average molecular weight is 344 g/mol. The van der Waals surface area contributed by atoms with Gasteiger partial charge in [0.2, 0.25) is 0 Å². The maximum absolute atomic E-state index is 14.3. The van der Waals surface area contributed by atoms with Crippen LogP contribution in [0.2, 0.25) is 0 Å². The molecule has 0 saturated heterocycles. The van der Waals surface area contributed by atoms with E-state index in [9.17, 15) is 4.39 Å². The molecule has 0 aliphatic carbocycles. The summed E-state index contributed by atoms with van der Waals surface area (Å²) in [5.41, 5.74) is 4.59. The van der Waals surface area contributed by atoms with E-state index in [0.29, 0.717) is 11.5 Å². The first-order chi connectivity index (χ1) is 12.8. The number of aryl methyl sites for hydroxylation is 1. The van der Waals surface area contributed by atoms with E-state index >= 15 is 0 Å². The van der Waals surface area contributed by atoms with Gasteiger partial charge in [0.1, 0.15) is 11.5 Å². The second-order valence-corrected chi connectivity index (χ2v) is 5.92. The first-order valence-corrected chi connectivity index (χ1v) is 8.50. The minimum Gasteiger partial charge on any atom is -0.205 e. The van der Waals surface area contributed by atoms with Crippen LogP contribution in [0.5, 0.6) is 0 Å². The highest BCUT2D eigenvalue weighted by molar-refractivity contribution is 5.82. The maximum Gasteiger partial charge on any atom is 0.187 e. The first-order valence-electron chi connectivity index (χ1n) is 8.50. The van der Waals surface area contributed by atoms with E-state index in [4.69, 9.17) is 0 Å². The number of para-hydroxylation sites is 1. The third-order valence-corrected chi connectivity index (χ3v) is 4.41. The topological polar surface area (TPSA) is 43.6 Å². The second kappa shape index (κ2) is 6.88. The van der Waals surface area contributed by atoms with E-state index in [0.717, 1.165) is 23.1 Å². The standard InChI is InChI=1S/C21H17FN4/c1-2-15-9-3-4-10-16(15)17-11-5-6-12-18(17)21-23-24-25-26(21)20-14-8-7-13-19(20)22/h3-14H,2H2,1H3. The normalized spacial score (nSPS) is 10.8. The van der Waals surface area contributed by atoms with Gasteiger partial charge in [0.05, 0.1) is 0 Å². The Labute approximate surface area is 150 Å². The number of aromatic nitrogens is 4. The Morgan fingerprint density at radius 3 is 2.23 bits per heavy atom. The van der Waals surface area contributed by atoms with Crippen molar-refractivity contribution in [3.8, 4) is 28.2 Å². The van der Waals surface area contributed by atoms with Crippen molar-refractivity contribution in [1.29, 1.82) is 0 Å². The van der Waals surface area contributed by atoms with E-state index in [1.807, 2.05) is 36.4 Å². The molecule has 0 fully saturated rings. The van der Waals surface area contributed by atoms with Crippen molar-refractivity contribution in [2.45, 2.75) is 13.3 Å². The fourth-order valence-corrected chi connectivity index (χ4v) is 3.15. The van der Waals surface area contributed by atoms with Crippen LogP contribution in [0.15, 0.2) is 72.8 Å². The van der Waals surface area contributed by atoms with Gasteiger partial charge in [0.15, 0.2) is 5.82 Å². The molecular weight excluding hydrogens is 327 g/mol. The van der Waals surface area contributed by atoms with Crippen molar-refractivity contribution in [2.24, 2.45) is 0 Å². The van der Waals surface area contributed by atoms with Crippen molar-refractivity contribution >= 4 is 0 Å². The van der Waals surface area contributed by atoms with Gasteiger partial charge in [-0.1, -0.05) is 67.6 Å². The number of hydrogen-bond donors (Lipinski definition) is 0. The zero-order valence-corrected chi connectivity index (χ0v) is 14.3. The van der Waals surface area contributed by atoms with Crippen LogP contribution in [0.25, 0.3) is 28.2 Å². The number of halogens is 1. The molecule has 4 aromatic rings. The molecule has 0 bridgehead atoms. The molecule has 5 heteroatoms. The molecule has 0 aliphatic heterocycles. The van der Waals surface area contributed by atoms with E-state index < -0.39 is 0 Å². The van der Waals surface area contributed by atoms with Crippen LogP contribution in [0, 0.1) is 5.82 Å². The summed E-state index contributed by atoms with van der Waals surface area (Å²) >= 11 is 0. The van der Waals surface area contributed by atoms with Gasteiger partial charge in [-0.25, -0.2) is 4.39 Å². The van der Waals surface area contributed by atoms with Gasteiger partial charge in [-0.05, 0) is 45.7 Å². The summed E-state index contributed by atoms with van der Waals surface area (Å²) in [6.45, 7) is 2.13. The lowest BCUT2D eigenvalue weighted by atomic mass is 9.94. The SMILES string of the molecule is CCc1ccccc1-c1ccccc1-c1nnnn1-c1ccccc1F. The third-order valence-electron chi connectivity index (χ3n) is 4.41. The molecule has 0 aliphatic rings. The van der Waals surface area contributed by atoms with E-state index in [1.165, 1.54) is 16.3 Å². The van der Waals surface area contributed by atoms with E-state index in [1.54, 1.807) is 18.2 Å². The van der Waals surface area contributed by atoms with E-state index in [-0.39, 0.29) is 5.82 Å². The molecule has 1 heterocycles.